The maximum absolute atomic E-state index is 13.1. The number of aliphatic imine (C=N–C) groups is 1. The molecule has 0 saturated carbocycles. The van der Waals surface area contributed by atoms with E-state index in [1.807, 2.05) is 35.9 Å². The van der Waals surface area contributed by atoms with E-state index in [2.05, 4.69) is 15.1 Å². The van der Waals surface area contributed by atoms with E-state index in [9.17, 15) is 9.90 Å². The summed E-state index contributed by atoms with van der Waals surface area (Å²) in [5.74, 6) is 0. The molecule has 5 rings (SSSR count). The Morgan fingerprint density at radius 3 is 2.90 bits per heavy atom. The highest BCUT2D eigenvalue weighted by Gasteiger charge is 2.19. The number of rotatable bonds is 5. The van der Waals surface area contributed by atoms with E-state index >= 15 is 0 Å². The largest absolute Gasteiger partial charge is 0.390 e. The van der Waals surface area contributed by atoms with E-state index in [4.69, 9.17) is 4.98 Å². The zero-order chi connectivity index (χ0) is 20.0. The Morgan fingerprint density at radius 2 is 2.10 bits per heavy atom. The predicted molar refractivity (Wildman–Crippen MR) is 113 cm³/mol. The summed E-state index contributed by atoms with van der Waals surface area (Å²) in [5, 5.41) is 15.4. The van der Waals surface area contributed by atoms with Crippen LogP contribution in [0.25, 0.3) is 21.3 Å². The van der Waals surface area contributed by atoms with Crippen LogP contribution in [0.15, 0.2) is 46.3 Å². The number of aromatic nitrogens is 5. The first-order valence-electron chi connectivity index (χ1n) is 9.23. The molecule has 0 aromatic carbocycles. The first-order valence-corrected chi connectivity index (χ1v) is 10.0. The summed E-state index contributed by atoms with van der Waals surface area (Å²) in [4.78, 5) is 26.6. The third kappa shape index (κ3) is 3.08. The van der Waals surface area contributed by atoms with Crippen molar-refractivity contribution in [3.63, 3.8) is 0 Å². The Kier molecular flexibility index (Phi) is 4.33. The molecule has 0 bridgehead atoms. The molecule has 0 spiro atoms. The average molecular weight is 406 g/mol. The summed E-state index contributed by atoms with van der Waals surface area (Å²) >= 11 is 1.58. The van der Waals surface area contributed by atoms with Gasteiger partial charge in [-0.15, -0.1) is 11.3 Å². The molecule has 29 heavy (non-hydrogen) atoms. The van der Waals surface area contributed by atoms with Gasteiger partial charge in [0.2, 0.25) is 0 Å². The highest BCUT2D eigenvalue weighted by atomic mass is 32.1. The third-order valence-corrected chi connectivity index (χ3v) is 6.03. The van der Waals surface area contributed by atoms with Crippen LogP contribution in [0.5, 0.6) is 0 Å². The van der Waals surface area contributed by atoms with Crippen LogP contribution in [0, 0.1) is 0 Å². The molecule has 0 fully saturated rings. The van der Waals surface area contributed by atoms with Crippen molar-refractivity contribution >= 4 is 38.3 Å². The monoisotopic (exact) mass is 406 g/mol. The summed E-state index contributed by atoms with van der Waals surface area (Å²) in [6.45, 7) is 0.842. The molecule has 0 atom stereocenters. The Hall–Kier alpha value is -3.17. The SMILES string of the molecule is Cn1c2nc(CC3=NCC=C3)sc2c2cnn(Cc3cccc(CO)n3)c(=O)c21. The van der Waals surface area contributed by atoms with Crippen molar-refractivity contribution in [2.75, 3.05) is 6.54 Å². The van der Waals surface area contributed by atoms with Gasteiger partial charge in [0.05, 0.1) is 42.0 Å². The minimum absolute atomic E-state index is 0.139. The van der Waals surface area contributed by atoms with E-state index in [1.165, 1.54) is 4.68 Å². The van der Waals surface area contributed by atoms with Crippen LogP contribution in [0.3, 0.4) is 0 Å². The lowest BCUT2D eigenvalue weighted by Gasteiger charge is -2.06. The second-order valence-corrected chi connectivity index (χ2v) is 7.96. The molecule has 8 nitrogen and oxygen atoms in total. The van der Waals surface area contributed by atoms with Crippen molar-refractivity contribution in [2.24, 2.45) is 12.0 Å². The fraction of sp³-hybridized carbons (Fsp3) is 0.250. The maximum atomic E-state index is 13.1. The third-order valence-electron chi connectivity index (χ3n) is 4.95. The molecule has 4 aromatic heterocycles. The van der Waals surface area contributed by atoms with Gasteiger partial charge in [0.15, 0.2) is 5.65 Å². The number of aryl methyl sites for hydroxylation is 1. The first-order chi connectivity index (χ1) is 14.1. The van der Waals surface area contributed by atoms with Gasteiger partial charge in [-0.3, -0.25) is 14.8 Å². The predicted octanol–water partition coefficient (Wildman–Crippen LogP) is 1.83. The lowest BCUT2D eigenvalue weighted by atomic mass is 10.3. The number of hydrogen-bond donors (Lipinski definition) is 1. The van der Waals surface area contributed by atoms with Crippen LogP contribution >= 0.6 is 11.3 Å². The first kappa shape index (κ1) is 17.9. The number of fused-ring (bicyclic) bond motifs is 3. The number of aliphatic hydroxyl groups is 1. The van der Waals surface area contributed by atoms with Gasteiger partial charge in [0.25, 0.3) is 5.56 Å². The molecular weight excluding hydrogens is 388 g/mol. The van der Waals surface area contributed by atoms with Gasteiger partial charge >= 0.3 is 0 Å². The maximum Gasteiger partial charge on any atom is 0.291 e. The van der Waals surface area contributed by atoms with Crippen molar-refractivity contribution in [1.29, 1.82) is 0 Å². The van der Waals surface area contributed by atoms with Gasteiger partial charge in [-0.2, -0.15) is 5.10 Å². The van der Waals surface area contributed by atoms with Gasteiger partial charge in [0, 0.05) is 24.6 Å². The minimum Gasteiger partial charge on any atom is -0.390 e. The molecule has 1 aliphatic rings. The second-order valence-electron chi connectivity index (χ2n) is 6.88. The van der Waals surface area contributed by atoms with Gasteiger partial charge in [-0.25, -0.2) is 9.67 Å². The Bertz CT molecular complexity index is 1360. The molecule has 5 heterocycles. The number of pyridine rings is 1. The average Bonchev–Trinajstić information content (AvgIpc) is 3.44. The van der Waals surface area contributed by atoms with E-state index < -0.39 is 0 Å². The van der Waals surface area contributed by atoms with E-state index in [1.54, 1.807) is 23.6 Å². The highest BCUT2D eigenvalue weighted by molar-refractivity contribution is 7.19. The standard InChI is InChI=1S/C20H18N6O2S/c1-25-17-15(18-19(25)24-16(29-18)8-12-6-3-7-21-12)9-22-26(20(17)28)10-13-4-2-5-14(11-27)23-13/h2-6,9,27H,7-8,10-11H2,1H3. The molecule has 1 aliphatic heterocycles. The molecule has 0 amide bonds. The smallest absolute Gasteiger partial charge is 0.291 e. The van der Waals surface area contributed by atoms with Crippen LogP contribution in [0.4, 0.5) is 0 Å². The lowest BCUT2D eigenvalue weighted by Crippen LogP contribution is -2.25. The number of aliphatic hydroxyl groups excluding tert-OH is 1. The molecule has 4 aromatic rings. The summed E-state index contributed by atoms with van der Waals surface area (Å²) in [6, 6.07) is 5.37. The van der Waals surface area contributed by atoms with Crippen molar-refractivity contribution in [3.05, 3.63) is 63.3 Å². The van der Waals surface area contributed by atoms with E-state index in [0.717, 1.165) is 33.0 Å². The molecule has 0 unspecified atom stereocenters. The molecule has 0 radical (unpaired) electrons. The number of thiazole rings is 1. The van der Waals surface area contributed by atoms with Crippen LogP contribution in [-0.2, 0) is 26.6 Å². The lowest BCUT2D eigenvalue weighted by molar-refractivity contribution is 0.276. The van der Waals surface area contributed by atoms with Crippen molar-refractivity contribution < 1.29 is 5.11 Å². The Balaban J connectivity index is 1.55. The van der Waals surface area contributed by atoms with Crippen LogP contribution in [0.2, 0.25) is 0 Å². The summed E-state index contributed by atoms with van der Waals surface area (Å²) < 4.78 is 4.21. The molecule has 0 saturated heterocycles. The van der Waals surface area contributed by atoms with Gasteiger partial charge < -0.3 is 9.67 Å². The fourth-order valence-corrected chi connectivity index (χ4v) is 4.68. The van der Waals surface area contributed by atoms with Crippen molar-refractivity contribution in [3.8, 4) is 0 Å². The van der Waals surface area contributed by atoms with Crippen LogP contribution in [-0.4, -0.2) is 41.7 Å². The zero-order valence-electron chi connectivity index (χ0n) is 15.7. The summed E-state index contributed by atoms with van der Waals surface area (Å²) in [7, 11) is 1.86. The number of nitrogens with zero attached hydrogens (tertiary/aromatic N) is 6. The number of hydrogen-bond acceptors (Lipinski definition) is 7. The number of allylic oxidation sites excluding steroid dienone is 1. The molecular formula is C20H18N6O2S. The highest BCUT2D eigenvalue weighted by Crippen LogP contribution is 2.31. The van der Waals surface area contributed by atoms with E-state index in [-0.39, 0.29) is 18.7 Å². The topological polar surface area (TPSA) is 98.2 Å². The Labute approximate surface area is 169 Å². The summed E-state index contributed by atoms with van der Waals surface area (Å²) in [6.07, 6.45) is 6.50. The normalized spacial score (nSPS) is 13.7. The molecule has 9 heteroatoms. The second kappa shape index (κ2) is 7.02. The van der Waals surface area contributed by atoms with E-state index in [0.29, 0.717) is 23.3 Å². The van der Waals surface area contributed by atoms with Crippen molar-refractivity contribution in [1.82, 2.24) is 24.3 Å². The molecule has 146 valence electrons. The minimum atomic E-state index is -0.184. The van der Waals surface area contributed by atoms with Crippen LogP contribution < -0.4 is 5.56 Å². The van der Waals surface area contributed by atoms with Crippen molar-refractivity contribution in [2.45, 2.75) is 19.6 Å². The quantitative estimate of drug-likeness (QED) is 0.545. The van der Waals surface area contributed by atoms with Gasteiger partial charge in [-0.05, 0) is 18.2 Å². The van der Waals surface area contributed by atoms with Crippen LogP contribution in [0.1, 0.15) is 16.4 Å². The Morgan fingerprint density at radius 1 is 1.24 bits per heavy atom. The van der Waals surface area contributed by atoms with Gasteiger partial charge in [0.1, 0.15) is 10.5 Å². The summed E-state index contributed by atoms with van der Waals surface area (Å²) in [5.41, 5.74) is 3.46. The molecule has 0 aliphatic carbocycles. The molecule has 1 N–H and O–H groups in total. The van der Waals surface area contributed by atoms with Gasteiger partial charge in [-0.1, -0.05) is 12.1 Å². The zero-order valence-corrected chi connectivity index (χ0v) is 16.6. The fourth-order valence-electron chi connectivity index (χ4n) is 3.56.